The second-order valence-electron chi connectivity index (χ2n) is 12.1. The molecule has 7 rings (SSSR count). The molecular formula is C33H20BrCl2F5N2O6. The number of ether oxygens (including phenoxy) is 1. The van der Waals surface area contributed by atoms with Gasteiger partial charge in [-0.05, 0) is 60.7 Å². The highest BCUT2D eigenvalue weighted by Gasteiger charge is 2.77. The minimum Gasteiger partial charge on any atom is -0.504 e. The second kappa shape index (κ2) is 11.3. The van der Waals surface area contributed by atoms with E-state index in [1.54, 1.807) is 30.3 Å². The zero-order chi connectivity index (χ0) is 35.5. The summed E-state index contributed by atoms with van der Waals surface area (Å²) in [5.41, 5.74) is -1.33. The van der Waals surface area contributed by atoms with Crippen molar-refractivity contribution in [1.82, 2.24) is 0 Å². The molecule has 0 aromatic heterocycles. The second-order valence-corrected chi connectivity index (χ2v) is 14.3. The van der Waals surface area contributed by atoms with Crippen LogP contribution in [-0.2, 0) is 19.2 Å². The summed E-state index contributed by atoms with van der Waals surface area (Å²) in [5.74, 6) is -21.9. The van der Waals surface area contributed by atoms with E-state index in [-0.39, 0.29) is 33.9 Å². The normalized spacial score (nSPS) is 29.2. The molecule has 3 aromatic rings. The number of rotatable bonds is 4. The van der Waals surface area contributed by atoms with E-state index in [1.807, 2.05) is 0 Å². The molecule has 3 fully saturated rings. The Kier molecular flexibility index (Phi) is 7.69. The van der Waals surface area contributed by atoms with Gasteiger partial charge in [-0.25, -0.2) is 26.9 Å². The molecule has 3 aromatic carbocycles. The van der Waals surface area contributed by atoms with Gasteiger partial charge in [-0.2, -0.15) is 0 Å². The molecule has 0 spiro atoms. The Morgan fingerprint density at radius 2 is 1.45 bits per heavy atom. The average molecular weight is 786 g/mol. The fourth-order valence-corrected chi connectivity index (χ4v) is 8.87. The molecule has 6 atom stereocenters. The predicted octanol–water partition coefficient (Wildman–Crippen LogP) is 6.63. The molecule has 0 radical (unpaired) electrons. The van der Waals surface area contributed by atoms with Crippen molar-refractivity contribution >= 4 is 74.1 Å². The van der Waals surface area contributed by atoms with Crippen molar-refractivity contribution in [1.29, 1.82) is 0 Å². The zero-order valence-electron chi connectivity index (χ0n) is 24.7. The molecule has 0 unspecified atom stereocenters. The minimum atomic E-state index is -2.71. The SMILES string of the molecule is COc1ccc([C@H]2C3=CC[C@@H]4C(=O)N(c5ccc(Br)cc5)C(=O)[C@@H]4[C@@H]3C[C@@]3(Cl)C(=O)N(c4c(F)c(F)c(F)c(F)c4F)C(=O)[C@@]23Cl)cc1O. The Morgan fingerprint density at radius 1 is 0.837 bits per heavy atom. The van der Waals surface area contributed by atoms with E-state index < -0.39 is 104 Å². The summed E-state index contributed by atoms with van der Waals surface area (Å²) in [6.45, 7) is 0. The van der Waals surface area contributed by atoms with Crippen LogP contribution >= 0.6 is 39.1 Å². The van der Waals surface area contributed by atoms with Crippen molar-refractivity contribution in [3.05, 3.63) is 93.2 Å². The van der Waals surface area contributed by atoms with Gasteiger partial charge in [0.05, 0.1) is 24.6 Å². The van der Waals surface area contributed by atoms with Crippen LogP contribution in [0.25, 0.3) is 0 Å². The number of carbonyl (C=O) groups is 4. The number of amides is 4. The molecule has 4 aliphatic rings. The summed E-state index contributed by atoms with van der Waals surface area (Å²) in [6.07, 6.45) is 0.888. The summed E-state index contributed by atoms with van der Waals surface area (Å²) in [7, 11) is 1.27. The Morgan fingerprint density at radius 3 is 2.04 bits per heavy atom. The maximum atomic E-state index is 15.2. The number of carbonyl (C=O) groups excluding carboxylic acids is 4. The van der Waals surface area contributed by atoms with Crippen molar-refractivity contribution in [3.8, 4) is 11.5 Å². The third kappa shape index (κ3) is 4.32. The quantitative estimate of drug-likeness (QED) is 0.0797. The maximum absolute atomic E-state index is 15.2. The number of aromatic hydroxyl groups is 1. The average Bonchev–Trinajstić information content (AvgIpc) is 3.41. The minimum absolute atomic E-state index is 0.00637. The number of nitrogens with zero attached hydrogens (tertiary/aromatic N) is 2. The van der Waals surface area contributed by atoms with Crippen LogP contribution in [0.5, 0.6) is 11.5 Å². The first-order valence-electron chi connectivity index (χ1n) is 14.6. The lowest BCUT2D eigenvalue weighted by molar-refractivity contribution is -0.125. The molecule has 4 amide bonds. The fraction of sp³-hybridized carbons (Fsp3) is 0.273. The largest absolute Gasteiger partial charge is 0.504 e. The van der Waals surface area contributed by atoms with Gasteiger partial charge < -0.3 is 9.84 Å². The van der Waals surface area contributed by atoms with Crippen LogP contribution in [0.4, 0.5) is 33.3 Å². The van der Waals surface area contributed by atoms with Gasteiger partial charge in [0.2, 0.25) is 17.6 Å². The summed E-state index contributed by atoms with van der Waals surface area (Å²) < 4.78 is 78.9. The van der Waals surface area contributed by atoms with Gasteiger partial charge in [0.25, 0.3) is 11.8 Å². The molecular weight excluding hydrogens is 766 g/mol. The van der Waals surface area contributed by atoms with Gasteiger partial charge in [-0.3, -0.25) is 24.1 Å². The Labute approximate surface area is 292 Å². The van der Waals surface area contributed by atoms with Crippen molar-refractivity contribution in [2.24, 2.45) is 17.8 Å². The number of halogens is 8. The Bertz CT molecular complexity index is 2040. The first-order valence-corrected chi connectivity index (χ1v) is 16.1. The summed E-state index contributed by atoms with van der Waals surface area (Å²) in [5, 5.41) is 10.7. The number of anilines is 2. The van der Waals surface area contributed by atoms with E-state index in [4.69, 9.17) is 27.9 Å². The number of benzene rings is 3. The van der Waals surface area contributed by atoms with Gasteiger partial charge >= 0.3 is 0 Å². The predicted molar refractivity (Wildman–Crippen MR) is 168 cm³/mol. The number of phenols is 1. The lowest BCUT2D eigenvalue weighted by atomic mass is 9.56. The van der Waals surface area contributed by atoms with E-state index in [9.17, 15) is 37.5 Å². The number of allylic oxidation sites excluding steroid dienone is 2. The molecule has 2 aliphatic carbocycles. The van der Waals surface area contributed by atoms with Crippen molar-refractivity contribution < 1.29 is 51.0 Å². The summed E-state index contributed by atoms with van der Waals surface area (Å²) >= 11 is 17.5. The molecule has 49 heavy (non-hydrogen) atoms. The van der Waals surface area contributed by atoms with Crippen molar-refractivity contribution in [2.75, 3.05) is 16.9 Å². The maximum Gasteiger partial charge on any atom is 0.258 e. The number of imide groups is 2. The van der Waals surface area contributed by atoms with Crippen molar-refractivity contribution in [2.45, 2.75) is 28.5 Å². The number of fused-ring (bicyclic) bond motifs is 4. The standard InChI is InChI=1S/C33H20BrCl2F5N2O6/c1-49-19-9-2-12(10-18(19)44)21-15-7-8-16-20(29(46)42(28(16)45)14-5-3-13(34)4-6-14)17(15)11-32(35)30(47)43(31(48)33(21,32)36)27-25(40)23(38)22(37)24(39)26(27)41/h2-7,9-10,16-17,20-21,44H,8,11H2,1H3/t16-,17+,20-,21-,32+,33-/m0/s1. The molecule has 2 saturated heterocycles. The first kappa shape index (κ1) is 33.5. The molecule has 2 aliphatic heterocycles. The monoisotopic (exact) mass is 784 g/mol. The Balaban J connectivity index is 1.43. The summed E-state index contributed by atoms with van der Waals surface area (Å²) in [4.78, 5) is 51.8. The van der Waals surface area contributed by atoms with Crippen LogP contribution in [0.2, 0.25) is 0 Å². The Hall–Kier alpha value is -4.01. The topological polar surface area (TPSA) is 104 Å². The summed E-state index contributed by atoms with van der Waals surface area (Å²) in [6, 6.07) is 10.2. The van der Waals surface area contributed by atoms with E-state index in [0.29, 0.717) is 4.47 Å². The van der Waals surface area contributed by atoms with E-state index in [2.05, 4.69) is 15.9 Å². The van der Waals surface area contributed by atoms with Crippen LogP contribution in [0, 0.1) is 46.8 Å². The van der Waals surface area contributed by atoms with Crippen LogP contribution in [0.15, 0.2) is 58.6 Å². The molecule has 1 saturated carbocycles. The van der Waals surface area contributed by atoms with Gasteiger partial charge in [-0.1, -0.05) is 33.6 Å². The molecule has 2 heterocycles. The van der Waals surface area contributed by atoms with Crippen LogP contribution in [-0.4, -0.2) is 45.6 Å². The van der Waals surface area contributed by atoms with Crippen LogP contribution < -0.4 is 14.5 Å². The highest BCUT2D eigenvalue weighted by Crippen LogP contribution is 2.66. The van der Waals surface area contributed by atoms with E-state index >= 15 is 8.78 Å². The first-order chi connectivity index (χ1) is 23.1. The number of hydrogen-bond acceptors (Lipinski definition) is 6. The third-order valence-corrected chi connectivity index (χ3v) is 11.8. The van der Waals surface area contributed by atoms with Gasteiger partial charge in [0, 0.05) is 10.4 Å². The third-order valence-electron chi connectivity index (χ3n) is 9.84. The molecule has 254 valence electrons. The molecule has 1 N–H and O–H groups in total. The van der Waals surface area contributed by atoms with E-state index in [0.717, 1.165) is 11.0 Å². The van der Waals surface area contributed by atoms with Gasteiger partial charge in [-0.15, -0.1) is 23.2 Å². The zero-order valence-corrected chi connectivity index (χ0v) is 27.8. The van der Waals surface area contributed by atoms with Gasteiger partial charge in [0.15, 0.2) is 44.5 Å². The highest BCUT2D eigenvalue weighted by atomic mass is 79.9. The fourth-order valence-electron chi connectivity index (χ4n) is 7.67. The van der Waals surface area contributed by atoms with E-state index in [1.165, 1.54) is 19.2 Å². The number of alkyl halides is 2. The smallest absolute Gasteiger partial charge is 0.258 e. The van der Waals surface area contributed by atoms with Gasteiger partial charge in [0.1, 0.15) is 5.69 Å². The highest BCUT2D eigenvalue weighted by molar-refractivity contribution is 9.10. The number of phenolic OH excluding ortho intramolecular Hbond substituents is 1. The number of methoxy groups -OCH3 is 1. The van der Waals surface area contributed by atoms with Crippen molar-refractivity contribution in [3.63, 3.8) is 0 Å². The molecule has 8 nitrogen and oxygen atoms in total. The molecule has 0 bridgehead atoms. The lowest BCUT2D eigenvalue weighted by Gasteiger charge is -2.50. The van der Waals surface area contributed by atoms with Crippen LogP contribution in [0.3, 0.4) is 0 Å². The molecule has 16 heteroatoms. The number of hydrogen-bond donors (Lipinski definition) is 1. The van der Waals surface area contributed by atoms with Crippen LogP contribution in [0.1, 0.15) is 24.3 Å². The lowest BCUT2D eigenvalue weighted by Crippen LogP contribution is -2.60.